The molecule has 13 nitrogen and oxygen atoms in total. The van der Waals surface area contributed by atoms with Crippen LogP contribution >= 0.6 is 11.6 Å². The lowest BCUT2D eigenvalue weighted by Crippen LogP contribution is -2.48. The maximum atomic E-state index is 13.4. The third kappa shape index (κ3) is 6.77. The van der Waals surface area contributed by atoms with Gasteiger partial charge in [-0.25, -0.2) is 9.97 Å². The van der Waals surface area contributed by atoms with Crippen LogP contribution in [0.1, 0.15) is 29.4 Å². The molecule has 1 saturated heterocycles. The van der Waals surface area contributed by atoms with E-state index < -0.39 is 23.8 Å². The number of benzene rings is 1. The molecule has 1 aromatic carbocycles. The standard InChI is InChI=1S/C24H23ClF3N9O2.CH2O2/c1-12(22(38)35-14-4-5-29-9-14)33-23(39)15-3-2-13(8-17(15)25)34-20-21-31-11-18(37(21)7-6-30-20)16-10-32-36-19(16)24(26,27)28;2-1-3/h2-3,6-8,10-12,14,29H,4-5,9H2,1H3,(H,30,34)(H,32,36)(H,33,39)(H,35,38);1H,(H,2,3)/t12-,14-;/m0./s1. The summed E-state index contributed by atoms with van der Waals surface area (Å²) in [6.07, 6.45) is 1.47. The first kappa shape index (κ1) is 30.3. The lowest BCUT2D eigenvalue weighted by molar-refractivity contribution is -0.140. The zero-order valence-electron chi connectivity index (χ0n) is 21.9. The zero-order valence-corrected chi connectivity index (χ0v) is 22.6. The van der Waals surface area contributed by atoms with Crippen LogP contribution in [0.15, 0.2) is 43.0 Å². The largest absolute Gasteiger partial charge is 0.483 e. The van der Waals surface area contributed by atoms with Gasteiger partial charge in [-0.05, 0) is 38.1 Å². The highest BCUT2D eigenvalue weighted by atomic mass is 35.5. The number of rotatable bonds is 7. The van der Waals surface area contributed by atoms with Crippen LogP contribution in [0, 0.1) is 0 Å². The molecule has 3 aromatic heterocycles. The number of hydrogen-bond donors (Lipinski definition) is 6. The highest BCUT2D eigenvalue weighted by Crippen LogP contribution is 2.36. The van der Waals surface area contributed by atoms with Crippen molar-refractivity contribution in [3.05, 3.63) is 59.3 Å². The monoisotopic (exact) mass is 607 g/mol. The topological polar surface area (TPSA) is 178 Å². The third-order valence-corrected chi connectivity index (χ3v) is 6.56. The predicted octanol–water partition coefficient (Wildman–Crippen LogP) is 2.83. The van der Waals surface area contributed by atoms with E-state index in [4.69, 9.17) is 21.5 Å². The first-order valence-electron chi connectivity index (χ1n) is 12.4. The second kappa shape index (κ2) is 12.9. The summed E-state index contributed by atoms with van der Waals surface area (Å²) in [6.45, 7) is 2.86. The number of hydrogen-bond acceptors (Lipinski definition) is 8. The molecule has 222 valence electrons. The lowest BCUT2D eigenvalue weighted by atomic mass is 10.1. The molecule has 1 fully saturated rings. The number of imidazole rings is 1. The van der Waals surface area contributed by atoms with Gasteiger partial charge in [-0.3, -0.25) is 23.9 Å². The Morgan fingerprint density at radius 1 is 1.26 bits per heavy atom. The molecule has 2 amide bonds. The average Bonchev–Trinajstić information content (AvgIpc) is 3.70. The number of nitrogens with zero attached hydrogens (tertiary/aromatic N) is 4. The fourth-order valence-corrected chi connectivity index (χ4v) is 4.53. The number of H-pyrrole nitrogens is 1. The Kier molecular flexibility index (Phi) is 9.27. The SMILES string of the molecule is C[C@H](NC(=O)c1ccc(Nc2nccn3c(-c4cn[nH]c4C(F)(F)F)cnc23)cc1Cl)C(=O)N[C@H]1CCNC1.O=CO. The maximum absolute atomic E-state index is 13.4. The van der Waals surface area contributed by atoms with Crippen LogP contribution in [-0.4, -0.2) is 73.1 Å². The smallest absolute Gasteiger partial charge is 0.433 e. The average molecular weight is 608 g/mol. The van der Waals surface area contributed by atoms with Gasteiger partial charge >= 0.3 is 6.18 Å². The number of carboxylic acid groups (broad SMARTS) is 1. The third-order valence-electron chi connectivity index (χ3n) is 6.25. The Balaban J connectivity index is 0.00000129. The summed E-state index contributed by atoms with van der Waals surface area (Å²) in [4.78, 5) is 42.0. The van der Waals surface area contributed by atoms with Crippen molar-refractivity contribution < 1.29 is 32.7 Å². The van der Waals surface area contributed by atoms with Crippen molar-refractivity contribution in [2.75, 3.05) is 18.4 Å². The number of nitrogens with one attached hydrogen (secondary N) is 5. The van der Waals surface area contributed by atoms with Gasteiger partial charge < -0.3 is 26.4 Å². The first-order valence-corrected chi connectivity index (χ1v) is 12.8. The highest BCUT2D eigenvalue weighted by Gasteiger charge is 2.36. The molecule has 0 bridgehead atoms. The number of fused-ring (bicyclic) bond motifs is 1. The summed E-state index contributed by atoms with van der Waals surface area (Å²) in [7, 11) is 0. The molecular weight excluding hydrogens is 583 g/mol. The molecule has 17 heteroatoms. The van der Waals surface area contributed by atoms with Gasteiger partial charge in [0.1, 0.15) is 11.7 Å². The second-order valence-corrected chi connectivity index (χ2v) is 9.50. The molecule has 2 atom stereocenters. The minimum Gasteiger partial charge on any atom is -0.483 e. The Labute approximate surface area is 240 Å². The van der Waals surface area contributed by atoms with Gasteiger partial charge in [0.15, 0.2) is 11.5 Å². The lowest BCUT2D eigenvalue weighted by Gasteiger charge is -2.18. The van der Waals surface area contributed by atoms with Gasteiger partial charge in [-0.2, -0.15) is 18.3 Å². The van der Waals surface area contributed by atoms with Gasteiger partial charge in [0.05, 0.1) is 34.2 Å². The van der Waals surface area contributed by atoms with Crippen molar-refractivity contribution in [2.24, 2.45) is 0 Å². The van der Waals surface area contributed by atoms with Crippen molar-refractivity contribution in [3.8, 4) is 11.3 Å². The van der Waals surface area contributed by atoms with Crippen LogP contribution in [0.5, 0.6) is 0 Å². The molecule has 1 aliphatic rings. The molecule has 0 unspecified atom stereocenters. The number of carbonyl (C=O) groups is 3. The van der Waals surface area contributed by atoms with Crippen molar-refractivity contribution in [1.82, 2.24) is 40.5 Å². The molecule has 0 spiro atoms. The second-order valence-electron chi connectivity index (χ2n) is 9.09. The molecule has 5 rings (SSSR count). The summed E-state index contributed by atoms with van der Waals surface area (Å²) in [6, 6.07) is 3.84. The van der Waals surface area contributed by atoms with Crippen LogP contribution < -0.4 is 21.3 Å². The van der Waals surface area contributed by atoms with E-state index in [0.29, 0.717) is 12.2 Å². The molecule has 42 heavy (non-hydrogen) atoms. The minimum atomic E-state index is -4.62. The molecule has 0 radical (unpaired) electrons. The predicted molar refractivity (Wildman–Crippen MR) is 145 cm³/mol. The van der Waals surface area contributed by atoms with Crippen LogP contribution in [0.25, 0.3) is 16.9 Å². The van der Waals surface area contributed by atoms with Crippen LogP contribution in [0.3, 0.4) is 0 Å². The van der Waals surface area contributed by atoms with E-state index in [1.54, 1.807) is 13.0 Å². The number of halogens is 4. The quantitative estimate of drug-likeness (QED) is 0.172. The van der Waals surface area contributed by atoms with Gasteiger partial charge in [-0.1, -0.05) is 11.6 Å². The maximum Gasteiger partial charge on any atom is 0.433 e. The molecule has 1 aliphatic heterocycles. The van der Waals surface area contributed by atoms with E-state index in [-0.39, 0.29) is 51.7 Å². The Hall–Kier alpha value is -4.70. The van der Waals surface area contributed by atoms with Crippen LogP contribution in [0.2, 0.25) is 5.02 Å². The van der Waals surface area contributed by atoms with E-state index in [1.165, 1.54) is 35.1 Å². The number of aromatic amines is 1. The van der Waals surface area contributed by atoms with E-state index in [0.717, 1.165) is 19.2 Å². The molecule has 6 N–H and O–H groups in total. The van der Waals surface area contributed by atoms with E-state index in [2.05, 4.69) is 36.3 Å². The van der Waals surface area contributed by atoms with Crippen molar-refractivity contribution in [3.63, 3.8) is 0 Å². The Morgan fingerprint density at radius 2 is 2.02 bits per heavy atom. The van der Waals surface area contributed by atoms with Gasteiger partial charge in [0.2, 0.25) is 5.91 Å². The summed E-state index contributed by atoms with van der Waals surface area (Å²) >= 11 is 6.37. The molecule has 0 aliphatic carbocycles. The van der Waals surface area contributed by atoms with Crippen LogP contribution in [0.4, 0.5) is 24.7 Å². The molecule has 4 aromatic rings. The van der Waals surface area contributed by atoms with Crippen molar-refractivity contribution in [1.29, 1.82) is 0 Å². The number of amides is 2. The molecule has 4 heterocycles. The fourth-order valence-electron chi connectivity index (χ4n) is 4.26. The molecule has 0 saturated carbocycles. The summed E-state index contributed by atoms with van der Waals surface area (Å²) in [5, 5.41) is 24.3. The summed E-state index contributed by atoms with van der Waals surface area (Å²) < 4.78 is 41.6. The van der Waals surface area contributed by atoms with Gasteiger partial charge in [0.25, 0.3) is 12.4 Å². The molecular formula is C25H25ClF3N9O4. The van der Waals surface area contributed by atoms with Crippen molar-refractivity contribution >= 4 is 47.0 Å². The van der Waals surface area contributed by atoms with Crippen LogP contribution in [-0.2, 0) is 15.8 Å². The van der Waals surface area contributed by atoms with E-state index in [1.807, 2.05) is 5.10 Å². The Morgan fingerprint density at radius 3 is 2.69 bits per heavy atom. The number of anilines is 2. The zero-order chi connectivity index (χ0) is 30.4. The van der Waals surface area contributed by atoms with E-state index >= 15 is 0 Å². The number of aromatic nitrogens is 5. The first-order chi connectivity index (χ1) is 20.0. The van der Waals surface area contributed by atoms with Crippen molar-refractivity contribution in [2.45, 2.75) is 31.6 Å². The fraction of sp³-hybridized carbons (Fsp3) is 0.280. The van der Waals surface area contributed by atoms with E-state index in [9.17, 15) is 22.8 Å². The normalized spacial score (nSPS) is 15.4. The summed E-state index contributed by atoms with van der Waals surface area (Å²) in [5.74, 6) is -0.555. The Bertz CT molecular complexity index is 1580. The van der Waals surface area contributed by atoms with Gasteiger partial charge in [0, 0.05) is 30.7 Å². The minimum absolute atomic E-state index is 0.0291. The highest BCUT2D eigenvalue weighted by molar-refractivity contribution is 6.34. The van der Waals surface area contributed by atoms with Gasteiger partial charge in [-0.15, -0.1) is 0 Å². The number of alkyl halides is 3. The number of carbonyl (C=O) groups excluding carboxylic acids is 2. The summed E-state index contributed by atoms with van der Waals surface area (Å²) in [5.41, 5.74) is -0.0909.